The summed E-state index contributed by atoms with van der Waals surface area (Å²) in [5.74, 6) is -0.218. The zero-order valence-electron chi connectivity index (χ0n) is 13.7. The fourth-order valence-electron chi connectivity index (χ4n) is 2.08. The number of benzene rings is 1. The van der Waals surface area contributed by atoms with Gasteiger partial charge < -0.3 is 10.1 Å². The molecule has 1 amide bonds. The third kappa shape index (κ3) is 5.67. The Morgan fingerprint density at radius 1 is 1.35 bits per heavy atom. The molecule has 1 aromatic carbocycles. The van der Waals surface area contributed by atoms with Crippen LogP contribution in [0.15, 0.2) is 23.1 Å². The van der Waals surface area contributed by atoms with Crippen molar-refractivity contribution < 1.29 is 17.9 Å². The van der Waals surface area contributed by atoms with Gasteiger partial charge in [0.1, 0.15) is 10.6 Å². The van der Waals surface area contributed by atoms with Crippen LogP contribution in [-0.2, 0) is 14.8 Å². The van der Waals surface area contributed by atoms with Crippen LogP contribution in [0.25, 0.3) is 0 Å². The van der Waals surface area contributed by atoms with Gasteiger partial charge in [-0.05, 0) is 38.5 Å². The number of halogens is 1. The van der Waals surface area contributed by atoms with Crippen LogP contribution in [0.5, 0.6) is 5.75 Å². The summed E-state index contributed by atoms with van der Waals surface area (Å²) in [6.07, 6.45) is 1.76. The van der Waals surface area contributed by atoms with E-state index < -0.39 is 16.1 Å². The molecule has 8 heteroatoms. The summed E-state index contributed by atoms with van der Waals surface area (Å²) in [7, 11) is -2.57. The van der Waals surface area contributed by atoms with Gasteiger partial charge in [-0.2, -0.15) is 4.72 Å². The Morgan fingerprint density at radius 3 is 2.57 bits per heavy atom. The Kier molecular flexibility index (Phi) is 7.31. The summed E-state index contributed by atoms with van der Waals surface area (Å²) in [5, 5.41) is 3.04. The molecule has 0 bridgehead atoms. The maximum absolute atomic E-state index is 12.5. The third-order valence-corrected chi connectivity index (χ3v) is 5.05. The van der Waals surface area contributed by atoms with Crippen molar-refractivity contribution in [3.8, 4) is 5.75 Å². The topological polar surface area (TPSA) is 84.5 Å². The first-order valence-corrected chi connectivity index (χ1v) is 9.23. The van der Waals surface area contributed by atoms with Gasteiger partial charge in [0.15, 0.2) is 0 Å². The summed E-state index contributed by atoms with van der Waals surface area (Å²) in [5.41, 5.74) is 0. The molecule has 0 aliphatic rings. The average molecular weight is 363 g/mol. The first-order valence-electron chi connectivity index (χ1n) is 7.37. The molecule has 0 aliphatic heterocycles. The minimum Gasteiger partial charge on any atom is -0.495 e. The van der Waals surface area contributed by atoms with Gasteiger partial charge in [0.25, 0.3) is 0 Å². The highest BCUT2D eigenvalue weighted by atomic mass is 35.5. The van der Waals surface area contributed by atoms with E-state index in [0.717, 1.165) is 12.8 Å². The molecule has 2 N–H and O–H groups in total. The molecule has 0 spiro atoms. The molecule has 1 aromatic rings. The summed E-state index contributed by atoms with van der Waals surface area (Å²) >= 11 is 5.86. The van der Waals surface area contributed by atoms with E-state index >= 15 is 0 Å². The average Bonchev–Trinajstić information content (AvgIpc) is 2.46. The van der Waals surface area contributed by atoms with Crippen molar-refractivity contribution >= 4 is 27.5 Å². The molecular formula is C15H23ClN2O4S. The highest BCUT2D eigenvalue weighted by Crippen LogP contribution is 2.27. The zero-order chi connectivity index (χ0) is 17.6. The zero-order valence-corrected chi connectivity index (χ0v) is 15.3. The van der Waals surface area contributed by atoms with E-state index in [1.54, 1.807) is 0 Å². The van der Waals surface area contributed by atoms with E-state index in [2.05, 4.69) is 10.0 Å². The maximum Gasteiger partial charge on any atom is 0.245 e. The number of carbonyl (C=O) groups excluding carboxylic acids is 1. The molecule has 6 nitrogen and oxygen atoms in total. The number of sulfonamides is 1. The minimum atomic E-state index is -3.94. The lowest BCUT2D eigenvalue weighted by molar-refractivity contribution is -0.123. The molecule has 0 aliphatic carbocycles. The van der Waals surface area contributed by atoms with E-state index in [9.17, 15) is 13.2 Å². The monoisotopic (exact) mass is 362 g/mol. The smallest absolute Gasteiger partial charge is 0.245 e. The Hall–Kier alpha value is -1.31. The van der Waals surface area contributed by atoms with Crippen molar-refractivity contribution in [2.24, 2.45) is 0 Å². The number of hydrogen-bond acceptors (Lipinski definition) is 4. The van der Waals surface area contributed by atoms with Crippen LogP contribution in [0, 0.1) is 0 Å². The van der Waals surface area contributed by atoms with Crippen LogP contribution in [0.4, 0.5) is 0 Å². The second-order valence-electron chi connectivity index (χ2n) is 5.34. The van der Waals surface area contributed by atoms with E-state index in [0.29, 0.717) is 0 Å². The van der Waals surface area contributed by atoms with Gasteiger partial charge in [0.05, 0.1) is 13.2 Å². The van der Waals surface area contributed by atoms with Crippen LogP contribution >= 0.6 is 11.6 Å². The highest BCUT2D eigenvalue weighted by Gasteiger charge is 2.25. The molecular weight excluding hydrogens is 340 g/mol. The number of hydrogen-bond donors (Lipinski definition) is 2. The van der Waals surface area contributed by atoms with Gasteiger partial charge in [0, 0.05) is 11.1 Å². The van der Waals surface area contributed by atoms with E-state index in [1.165, 1.54) is 32.2 Å². The highest BCUT2D eigenvalue weighted by molar-refractivity contribution is 7.89. The number of rotatable bonds is 8. The molecule has 0 radical (unpaired) electrons. The third-order valence-electron chi connectivity index (χ3n) is 3.25. The fraction of sp³-hybridized carbons (Fsp3) is 0.533. The van der Waals surface area contributed by atoms with Crippen LogP contribution in [-0.4, -0.2) is 33.5 Å². The lowest BCUT2D eigenvalue weighted by Crippen LogP contribution is -2.47. The second-order valence-corrected chi connectivity index (χ2v) is 7.46. The lowest BCUT2D eigenvalue weighted by atomic mass is 10.2. The Bertz CT molecular complexity index is 649. The van der Waals surface area contributed by atoms with Gasteiger partial charge in [-0.25, -0.2) is 8.42 Å². The minimum absolute atomic E-state index is 0.0137. The predicted octanol–water partition coefficient (Wildman–Crippen LogP) is 2.32. The molecule has 0 aromatic heterocycles. The van der Waals surface area contributed by atoms with Crippen LogP contribution in [0.2, 0.25) is 5.02 Å². The summed E-state index contributed by atoms with van der Waals surface area (Å²) in [4.78, 5) is 12.0. The van der Waals surface area contributed by atoms with E-state index in [4.69, 9.17) is 16.3 Å². The molecule has 130 valence electrons. The molecule has 0 saturated heterocycles. The van der Waals surface area contributed by atoms with Crippen molar-refractivity contribution in [1.29, 1.82) is 0 Å². The van der Waals surface area contributed by atoms with Crippen molar-refractivity contribution in [2.45, 2.75) is 50.6 Å². The number of ether oxygens (including phenoxy) is 1. The molecule has 23 heavy (non-hydrogen) atoms. The largest absolute Gasteiger partial charge is 0.495 e. The fourth-order valence-corrected chi connectivity index (χ4v) is 3.72. The van der Waals surface area contributed by atoms with Crippen molar-refractivity contribution in [2.75, 3.05) is 7.11 Å². The number of methoxy groups -OCH3 is 1. The van der Waals surface area contributed by atoms with E-state index in [1.807, 2.05) is 13.8 Å². The molecule has 0 saturated carbocycles. The lowest BCUT2D eigenvalue weighted by Gasteiger charge is -2.19. The summed E-state index contributed by atoms with van der Waals surface area (Å²) < 4.78 is 32.3. The Labute approximate surface area is 142 Å². The number of carbonyl (C=O) groups is 1. The Morgan fingerprint density at radius 2 is 2.00 bits per heavy atom. The van der Waals surface area contributed by atoms with Crippen molar-refractivity contribution in [3.05, 3.63) is 23.2 Å². The van der Waals surface area contributed by atoms with Crippen LogP contribution < -0.4 is 14.8 Å². The number of amides is 1. The van der Waals surface area contributed by atoms with Gasteiger partial charge in [-0.15, -0.1) is 0 Å². The van der Waals surface area contributed by atoms with E-state index in [-0.39, 0.29) is 27.6 Å². The van der Waals surface area contributed by atoms with Crippen molar-refractivity contribution in [3.63, 3.8) is 0 Å². The number of nitrogens with one attached hydrogen (secondary N) is 2. The molecule has 0 fully saturated rings. The Balaban J connectivity index is 2.90. The van der Waals surface area contributed by atoms with Gasteiger partial charge in [-0.1, -0.05) is 24.9 Å². The van der Waals surface area contributed by atoms with Gasteiger partial charge >= 0.3 is 0 Å². The maximum atomic E-state index is 12.5. The SMILES string of the molecule is CCC[C@@H](C)NC(=O)[C@@H](C)NS(=O)(=O)c1cc(Cl)ccc1OC. The molecule has 0 unspecified atom stereocenters. The van der Waals surface area contributed by atoms with Crippen molar-refractivity contribution in [1.82, 2.24) is 10.0 Å². The van der Waals surface area contributed by atoms with Crippen LogP contribution in [0.1, 0.15) is 33.6 Å². The van der Waals surface area contributed by atoms with Gasteiger partial charge in [0.2, 0.25) is 15.9 Å². The normalized spacial score (nSPS) is 14.1. The molecule has 2 atom stereocenters. The summed E-state index contributed by atoms with van der Waals surface area (Å²) in [6, 6.07) is 3.35. The van der Waals surface area contributed by atoms with Crippen LogP contribution in [0.3, 0.4) is 0 Å². The predicted molar refractivity (Wildman–Crippen MR) is 90.3 cm³/mol. The first-order chi connectivity index (χ1) is 10.7. The second kappa shape index (κ2) is 8.52. The molecule has 1 rings (SSSR count). The summed E-state index contributed by atoms with van der Waals surface area (Å²) in [6.45, 7) is 5.38. The molecule has 0 heterocycles. The van der Waals surface area contributed by atoms with Gasteiger partial charge in [-0.3, -0.25) is 4.79 Å². The standard InChI is InChI=1S/C15H23ClN2O4S/c1-5-6-10(2)17-15(19)11(3)18-23(20,21)14-9-12(16)7-8-13(14)22-4/h7-11,18H,5-6H2,1-4H3,(H,17,19)/t10-,11-/m1/s1. The first kappa shape index (κ1) is 19.7. The quantitative estimate of drug-likeness (QED) is 0.743.